The molecule has 0 spiro atoms. The van der Waals surface area contributed by atoms with Gasteiger partial charge in [0.1, 0.15) is 19.5 Å². The van der Waals surface area contributed by atoms with Crippen LogP contribution < -0.4 is 9.47 Å². The summed E-state index contributed by atoms with van der Waals surface area (Å²) in [6.45, 7) is 1.16. The molecule has 88 valence electrons. The largest absolute Gasteiger partial charge is 0.486 e. The number of hydrogen-bond acceptors (Lipinski definition) is 4. The fraction of sp³-hybridized carbons (Fsp3) is 0.273. The summed E-state index contributed by atoms with van der Waals surface area (Å²) in [4.78, 5) is 0. The third-order valence-electron chi connectivity index (χ3n) is 2.54. The number of rotatable bonds is 2. The van der Waals surface area contributed by atoms with E-state index in [2.05, 4.69) is 10.2 Å². The molecule has 1 aromatic heterocycles. The quantitative estimate of drug-likeness (QED) is 0.764. The summed E-state index contributed by atoms with van der Waals surface area (Å²) in [5, 5.41) is 7.77. The van der Waals surface area contributed by atoms with Crippen molar-refractivity contribution in [2.45, 2.75) is 5.88 Å². The summed E-state index contributed by atoms with van der Waals surface area (Å²) in [6, 6.07) is 5.70. The van der Waals surface area contributed by atoms with Crippen molar-refractivity contribution < 1.29 is 9.47 Å². The predicted octanol–water partition coefficient (Wildman–Crippen LogP) is 1.78. The highest BCUT2D eigenvalue weighted by Gasteiger charge is 2.13. The monoisotopic (exact) mass is 251 g/mol. The van der Waals surface area contributed by atoms with E-state index in [4.69, 9.17) is 21.1 Å². The lowest BCUT2D eigenvalue weighted by atomic mass is 10.2. The smallest absolute Gasteiger partial charge is 0.163 e. The van der Waals surface area contributed by atoms with Crippen molar-refractivity contribution in [2.24, 2.45) is 0 Å². The molecule has 1 aliphatic heterocycles. The van der Waals surface area contributed by atoms with E-state index in [1.807, 2.05) is 22.8 Å². The van der Waals surface area contributed by atoms with Crippen molar-refractivity contribution in [3.8, 4) is 17.2 Å². The molecular weight excluding hydrogens is 242 g/mol. The Morgan fingerprint density at radius 1 is 1.24 bits per heavy atom. The molecule has 0 amide bonds. The molecule has 3 rings (SSSR count). The van der Waals surface area contributed by atoms with Crippen molar-refractivity contribution >= 4 is 11.6 Å². The maximum absolute atomic E-state index is 5.79. The third kappa shape index (κ3) is 1.82. The van der Waals surface area contributed by atoms with Crippen LogP contribution in [0.25, 0.3) is 5.69 Å². The van der Waals surface area contributed by atoms with Gasteiger partial charge in [0, 0.05) is 6.07 Å². The van der Waals surface area contributed by atoms with E-state index >= 15 is 0 Å². The Morgan fingerprint density at radius 3 is 2.88 bits per heavy atom. The Kier molecular flexibility index (Phi) is 2.60. The van der Waals surface area contributed by atoms with E-state index in [0.717, 1.165) is 17.2 Å². The van der Waals surface area contributed by atoms with Crippen molar-refractivity contribution in [2.75, 3.05) is 13.2 Å². The number of aromatic nitrogens is 3. The average Bonchev–Trinajstić information content (AvgIpc) is 2.86. The lowest BCUT2D eigenvalue weighted by Gasteiger charge is -2.19. The molecule has 0 saturated heterocycles. The fourth-order valence-electron chi connectivity index (χ4n) is 1.75. The zero-order valence-corrected chi connectivity index (χ0v) is 9.72. The molecule has 1 aliphatic rings. The van der Waals surface area contributed by atoms with Crippen LogP contribution in [-0.4, -0.2) is 28.0 Å². The van der Waals surface area contributed by atoms with Gasteiger partial charge < -0.3 is 9.47 Å². The summed E-state index contributed by atoms with van der Waals surface area (Å²) >= 11 is 5.79. The predicted molar refractivity (Wildman–Crippen MR) is 61.9 cm³/mol. The van der Waals surface area contributed by atoms with E-state index in [1.54, 1.807) is 6.33 Å². The van der Waals surface area contributed by atoms with Gasteiger partial charge in [-0.1, -0.05) is 0 Å². The van der Waals surface area contributed by atoms with Crippen LogP contribution in [0.3, 0.4) is 0 Å². The number of fused-ring (bicyclic) bond motifs is 1. The summed E-state index contributed by atoms with van der Waals surface area (Å²) in [7, 11) is 0. The normalized spacial score (nSPS) is 13.7. The second kappa shape index (κ2) is 4.25. The van der Waals surface area contributed by atoms with Gasteiger partial charge in [-0.25, -0.2) is 0 Å². The van der Waals surface area contributed by atoms with Gasteiger partial charge in [0.15, 0.2) is 17.3 Å². The topological polar surface area (TPSA) is 49.2 Å². The van der Waals surface area contributed by atoms with Crippen LogP contribution in [0, 0.1) is 0 Å². The maximum atomic E-state index is 5.79. The zero-order chi connectivity index (χ0) is 11.7. The molecule has 0 unspecified atom stereocenters. The van der Waals surface area contributed by atoms with Gasteiger partial charge in [-0.05, 0) is 12.1 Å². The minimum Gasteiger partial charge on any atom is -0.486 e. The molecule has 1 aromatic carbocycles. The van der Waals surface area contributed by atoms with Crippen molar-refractivity contribution in [1.82, 2.24) is 14.8 Å². The van der Waals surface area contributed by atoms with E-state index in [-0.39, 0.29) is 0 Å². The molecule has 0 aliphatic carbocycles. The van der Waals surface area contributed by atoms with Crippen LogP contribution in [0.5, 0.6) is 11.5 Å². The second-order valence-corrected chi connectivity index (χ2v) is 3.85. The molecule has 0 saturated carbocycles. The zero-order valence-electron chi connectivity index (χ0n) is 8.97. The first kappa shape index (κ1) is 10.4. The molecule has 2 heterocycles. The molecule has 17 heavy (non-hydrogen) atoms. The van der Waals surface area contributed by atoms with Gasteiger partial charge in [-0.3, -0.25) is 4.57 Å². The highest BCUT2D eigenvalue weighted by molar-refractivity contribution is 6.16. The maximum Gasteiger partial charge on any atom is 0.163 e. The molecule has 0 N–H and O–H groups in total. The highest BCUT2D eigenvalue weighted by atomic mass is 35.5. The summed E-state index contributed by atoms with van der Waals surface area (Å²) in [5.74, 6) is 2.51. The number of hydrogen-bond donors (Lipinski definition) is 0. The van der Waals surface area contributed by atoms with Crippen molar-refractivity contribution in [3.05, 3.63) is 30.4 Å². The highest BCUT2D eigenvalue weighted by Crippen LogP contribution is 2.32. The second-order valence-electron chi connectivity index (χ2n) is 3.58. The molecule has 0 atom stereocenters. The Hall–Kier alpha value is -1.75. The van der Waals surface area contributed by atoms with Gasteiger partial charge in [0.05, 0.1) is 11.6 Å². The molecule has 2 aromatic rings. The minimum atomic E-state index is 0.314. The van der Waals surface area contributed by atoms with Gasteiger partial charge in [-0.15, -0.1) is 21.8 Å². The van der Waals surface area contributed by atoms with Crippen molar-refractivity contribution in [3.63, 3.8) is 0 Å². The van der Waals surface area contributed by atoms with E-state index in [9.17, 15) is 0 Å². The van der Waals surface area contributed by atoms with Crippen molar-refractivity contribution in [1.29, 1.82) is 0 Å². The summed E-state index contributed by atoms with van der Waals surface area (Å²) < 4.78 is 12.8. The molecule has 5 nitrogen and oxygen atoms in total. The number of benzene rings is 1. The number of ether oxygens (including phenoxy) is 2. The average molecular weight is 252 g/mol. The Labute approximate surface area is 103 Å². The van der Waals surface area contributed by atoms with Gasteiger partial charge >= 0.3 is 0 Å². The van der Waals surface area contributed by atoms with Gasteiger partial charge in [0.2, 0.25) is 0 Å². The minimum absolute atomic E-state index is 0.314. The van der Waals surface area contributed by atoms with Gasteiger partial charge in [0.25, 0.3) is 0 Å². The van der Waals surface area contributed by atoms with Crippen LogP contribution >= 0.6 is 11.6 Å². The SMILES string of the molecule is ClCc1nncn1-c1ccc2c(c1)OCCO2. The van der Waals surface area contributed by atoms with Crippen LogP contribution in [0.4, 0.5) is 0 Å². The van der Waals surface area contributed by atoms with E-state index in [0.29, 0.717) is 24.9 Å². The first-order valence-electron chi connectivity index (χ1n) is 5.23. The lowest BCUT2D eigenvalue weighted by molar-refractivity contribution is 0.171. The Bertz CT molecular complexity index is 541. The van der Waals surface area contributed by atoms with E-state index < -0.39 is 0 Å². The fourth-order valence-corrected chi connectivity index (χ4v) is 1.93. The molecular formula is C11H10ClN3O2. The summed E-state index contributed by atoms with van der Waals surface area (Å²) in [5.41, 5.74) is 0.912. The molecule has 0 radical (unpaired) electrons. The molecule has 0 bridgehead atoms. The third-order valence-corrected chi connectivity index (χ3v) is 2.78. The van der Waals surface area contributed by atoms with Gasteiger partial charge in [-0.2, -0.15) is 0 Å². The number of alkyl halides is 1. The van der Waals surface area contributed by atoms with Crippen LogP contribution in [0.15, 0.2) is 24.5 Å². The Balaban J connectivity index is 2.04. The van der Waals surface area contributed by atoms with E-state index in [1.165, 1.54) is 0 Å². The summed E-state index contributed by atoms with van der Waals surface area (Å²) in [6.07, 6.45) is 1.63. The van der Waals surface area contributed by atoms with Crippen LogP contribution in [0.1, 0.15) is 5.82 Å². The first-order valence-corrected chi connectivity index (χ1v) is 5.77. The lowest BCUT2D eigenvalue weighted by Crippen LogP contribution is -2.15. The Morgan fingerprint density at radius 2 is 2.06 bits per heavy atom. The number of nitrogens with zero attached hydrogens (tertiary/aromatic N) is 3. The van der Waals surface area contributed by atoms with Crippen LogP contribution in [0.2, 0.25) is 0 Å². The first-order chi connectivity index (χ1) is 8.38. The number of halogens is 1. The standard InChI is InChI=1S/C11H10ClN3O2/c12-6-11-14-13-7-15(11)8-1-2-9-10(5-8)17-4-3-16-9/h1-2,5,7H,3-4,6H2. The molecule has 0 fully saturated rings. The van der Waals surface area contributed by atoms with Crippen LogP contribution in [-0.2, 0) is 5.88 Å². The molecule has 6 heteroatoms.